The first-order chi connectivity index (χ1) is 15.4. The van der Waals surface area contributed by atoms with Crippen molar-refractivity contribution < 1.29 is 23.1 Å². The van der Waals surface area contributed by atoms with Crippen LogP contribution in [0.5, 0.6) is 5.75 Å². The third kappa shape index (κ3) is 3.59. The van der Waals surface area contributed by atoms with Gasteiger partial charge in [-0.2, -0.15) is 9.50 Å². The first kappa shape index (κ1) is 20.5. The highest BCUT2D eigenvalue weighted by molar-refractivity contribution is 5.99. The van der Waals surface area contributed by atoms with E-state index in [0.717, 1.165) is 4.52 Å². The van der Waals surface area contributed by atoms with Crippen molar-refractivity contribution >= 4 is 17.5 Å². The zero-order valence-electron chi connectivity index (χ0n) is 17.4. The van der Waals surface area contributed by atoms with Crippen molar-refractivity contribution in [3.63, 3.8) is 0 Å². The minimum Gasteiger partial charge on any atom is -0.489 e. The van der Waals surface area contributed by atoms with Gasteiger partial charge in [0.25, 0.3) is 18.1 Å². The van der Waals surface area contributed by atoms with Gasteiger partial charge in [-0.15, -0.1) is 5.10 Å². The standard InChI is InChI=1S/C22H21F2N5O3/c1-12-10-15(19(23)24)29-22(25-12)26-20(27-29)21(31)28-8-6-13(7-9-28)18-11-16(30)14-4-2-3-5-17(14)32-18/h2-5,10,13,18-19H,6-9,11H2,1H3. The topological polar surface area (TPSA) is 89.7 Å². The van der Waals surface area contributed by atoms with Crippen LogP contribution >= 0.6 is 0 Å². The number of piperidine rings is 1. The summed E-state index contributed by atoms with van der Waals surface area (Å²) in [4.78, 5) is 35.2. The molecule has 10 heteroatoms. The summed E-state index contributed by atoms with van der Waals surface area (Å²) in [5, 5.41) is 4.00. The molecule has 3 aromatic rings. The molecule has 2 aliphatic rings. The molecule has 166 valence electrons. The van der Waals surface area contributed by atoms with E-state index in [9.17, 15) is 18.4 Å². The van der Waals surface area contributed by atoms with Gasteiger partial charge in [0.2, 0.25) is 5.82 Å². The van der Waals surface area contributed by atoms with Crippen LogP contribution in [-0.4, -0.2) is 55.4 Å². The molecule has 0 spiro atoms. The van der Waals surface area contributed by atoms with Gasteiger partial charge in [0.15, 0.2) is 5.78 Å². The Labute approximate surface area is 182 Å². The fourth-order valence-electron chi connectivity index (χ4n) is 4.44. The van der Waals surface area contributed by atoms with Crippen LogP contribution in [0.3, 0.4) is 0 Å². The molecule has 1 amide bonds. The second kappa shape index (κ2) is 7.92. The Morgan fingerprint density at radius 2 is 1.94 bits per heavy atom. The number of para-hydroxylation sites is 1. The molecule has 1 fully saturated rings. The Morgan fingerprint density at radius 3 is 2.69 bits per heavy atom. The minimum absolute atomic E-state index is 0.0219. The van der Waals surface area contributed by atoms with Gasteiger partial charge >= 0.3 is 0 Å². The van der Waals surface area contributed by atoms with E-state index in [1.807, 2.05) is 12.1 Å². The van der Waals surface area contributed by atoms with Crippen LogP contribution in [0.1, 0.15) is 58.1 Å². The highest BCUT2D eigenvalue weighted by atomic mass is 19.3. The van der Waals surface area contributed by atoms with Gasteiger partial charge in [0.1, 0.15) is 17.5 Å². The average Bonchev–Trinajstić information content (AvgIpc) is 3.22. The first-order valence-electron chi connectivity index (χ1n) is 10.5. The van der Waals surface area contributed by atoms with Gasteiger partial charge in [-0.25, -0.2) is 13.8 Å². The maximum absolute atomic E-state index is 13.3. The molecule has 4 heterocycles. The monoisotopic (exact) mass is 441 g/mol. The Kier molecular flexibility index (Phi) is 5.07. The molecule has 8 nitrogen and oxygen atoms in total. The number of halogens is 2. The van der Waals surface area contributed by atoms with Crippen molar-refractivity contribution in [3.05, 3.63) is 53.1 Å². The summed E-state index contributed by atoms with van der Waals surface area (Å²) < 4.78 is 33.7. The molecule has 1 saturated heterocycles. The quantitative estimate of drug-likeness (QED) is 0.620. The number of alkyl halides is 2. The number of carbonyl (C=O) groups excluding carboxylic acids is 2. The summed E-state index contributed by atoms with van der Waals surface area (Å²) in [7, 11) is 0. The number of benzene rings is 1. The van der Waals surface area contributed by atoms with Crippen molar-refractivity contribution in [1.29, 1.82) is 0 Å². The van der Waals surface area contributed by atoms with Crippen molar-refractivity contribution in [2.24, 2.45) is 5.92 Å². The Hall–Kier alpha value is -3.43. The molecule has 0 bridgehead atoms. The largest absolute Gasteiger partial charge is 0.489 e. The lowest BCUT2D eigenvalue weighted by molar-refractivity contribution is 0.0446. The molecule has 1 atom stereocenters. The number of ketones is 1. The number of hydrogen-bond donors (Lipinski definition) is 0. The first-order valence-corrected chi connectivity index (χ1v) is 10.5. The number of hydrogen-bond acceptors (Lipinski definition) is 6. The smallest absolute Gasteiger partial charge is 0.293 e. The van der Waals surface area contributed by atoms with Crippen LogP contribution in [0.15, 0.2) is 30.3 Å². The average molecular weight is 441 g/mol. The summed E-state index contributed by atoms with van der Waals surface area (Å²) >= 11 is 0. The van der Waals surface area contributed by atoms with Crippen molar-refractivity contribution in [2.75, 3.05) is 13.1 Å². The number of ether oxygens (including phenoxy) is 1. The molecular weight excluding hydrogens is 420 g/mol. The van der Waals surface area contributed by atoms with E-state index in [1.54, 1.807) is 24.0 Å². The van der Waals surface area contributed by atoms with E-state index < -0.39 is 12.3 Å². The molecule has 2 aromatic heterocycles. The summed E-state index contributed by atoms with van der Waals surface area (Å²) in [6, 6.07) is 8.46. The highest BCUT2D eigenvalue weighted by Gasteiger charge is 2.36. The summed E-state index contributed by atoms with van der Waals surface area (Å²) in [5.74, 6) is 0.228. The van der Waals surface area contributed by atoms with Gasteiger partial charge < -0.3 is 9.64 Å². The molecule has 0 saturated carbocycles. The van der Waals surface area contributed by atoms with Crippen LogP contribution in [0.25, 0.3) is 5.78 Å². The van der Waals surface area contributed by atoms with E-state index >= 15 is 0 Å². The van der Waals surface area contributed by atoms with E-state index in [-0.39, 0.29) is 35.1 Å². The van der Waals surface area contributed by atoms with Crippen molar-refractivity contribution in [3.8, 4) is 5.75 Å². The normalized spacial score (nSPS) is 19.3. The Morgan fingerprint density at radius 1 is 1.19 bits per heavy atom. The molecule has 0 radical (unpaired) electrons. The molecule has 1 unspecified atom stereocenters. The minimum atomic E-state index is -2.76. The van der Waals surface area contributed by atoms with Crippen LogP contribution in [0.4, 0.5) is 8.78 Å². The van der Waals surface area contributed by atoms with Crippen LogP contribution in [0.2, 0.25) is 0 Å². The van der Waals surface area contributed by atoms with Gasteiger partial charge in [0.05, 0.1) is 5.56 Å². The number of Topliss-reactive ketones (excluding diaryl/α,β-unsaturated/α-hetero) is 1. The Bertz CT molecular complexity index is 1200. The van der Waals surface area contributed by atoms with Crippen LogP contribution in [-0.2, 0) is 0 Å². The fraction of sp³-hybridized carbons (Fsp3) is 0.409. The molecule has 0 aliphatic carbocycles. The predicted molar refractivity (Wildman–Crippen MR) is 109 cm³/mol. The number of aryl methyl sites for hydroxylation is 1. The van der Waals surface area contributed by atoms with Gasteiger partial charge in [0, 0.05) is 25.2 Å². The number of fused-ring (bicyclic) bond motifs is 2. The fourth-order valence-corrected chi connectivity index (χ4v) is 4.44. The summed E-state index contributed by atoms with van der Waals surface area (Å²) in [5.41, 5.74) is 0.641. The van der Waals surface area contributed by atoms with Gasteiger partial charge in [-0.05, 0) is 43.9 Å². The lowest BCUT2D eigenvalue weighted by Crippen LogP contribution is -2.44. The third-order valence-corrected chi connectivity index (χ3v) is 6.09. The van der Waals surface area contributed by atoms with E-state index in [1.165, 1.54) is 6.07 Å². The molecule has 32 heavy (non-hydrogen) atoms. The van der Waals surface area contributed by atoms with E-state index in [4.69, 9.17) is 4.74 Å². The lowest BCUT2D eigenvalue weighted by Gasteiger charge is -2.37. The Balaban J connectivity index is 1.28. The zero-order valence-corrected chi connectivity index (χ0v) is 17.4. The van der Waals surface area contributed by atoms with Crippen molar-refractivity contribution in [2.45, 2.75) is 38.7 Å². The maximum Gasteiger partial charge on any atom is 0.293 e. The van der Waals surface area contributed by atoms with E-state index in [0.29, 0.717) is 49.4 Å². The predicted octanol–water partition coefficient (Wildman–Crippen LogP) is 3.26. The van der Waals surface area contributed by atoms with Crippen molar-refractivity contribution in [1.82, 2.24) is 24.5 Å². The third-order valence-electron chi connectivity index (χ3n) is 6.09. The van der Waals surface area contributed by atoms with E-state index in [2.05, 4.69) is 15.1 Å². The maximum atomic E-state index is 13.3. The number of amides is 1. The molecule has 2 aliphatic heterocycles. The summed E-state index contributed by atoms with van der Waals surface area (Å²) in [6.45, 7) is 2.48. The second-order valence-corrected chi connectivity index (χ2v) is 8.18. The van der Waals surface area contributed by atoms with Gasteiger partial charge in [-0.3, -0.25) is 9.59 Å². The number of rotatable bonds is 3. The zero-order chi connectivity index (χ0) is 22.4. The second-order valence-electron chi connectivity index (χ2n) is 8.18. The number of likely N-dealkylation sites (tertiary alicyclic amines) is 1. The molecule has 5 rings (SSSR count). The molecule has 0 N–H and O–H groups in total. The lowest BCUT2D eigenvalue weighted by atomic mass is 9.86. The SMILES string of the molecule is Cc1cc(C(F)F)n2nc(C(=O)N3CCC(C4CC(=O)c5ccccc5O4)CC3)nc2n1. The number of nitrogens with zero attached hydrogens (tertiary/aromatic N) is 5. The molecular formula is C22H21F2N5O3. The van der Waals surface area contributed by atoms with Crippen LogP contribution < -0.4 is 4.74 Å². The number of aromatic nitrogens is 4. The summed E-state index contributed by atoms with van der Waals surface area (Å²) in [6.07, 6.45) is -1.32. The van der Waals surface area contributed by atoms with Crippen LogP contribution in [0, 0.1) is 12.8 Å². The highest BCUT2D eigenvalue weighted by Crippen LogP contribution is 2.34. The van der Waals surface area contributed by atoms with Gasteiger partial charge in [-0.1, -0.05) is 12.1 Å². The number of carbonyl (C=O) groups is 2. The molecule has 1 aromatic carbocycles.